The van der Waals surface area contributed by atoms with Crippen LogP contribution in [0.5, 0.6) is 0 Å². The van der Waals surface area contributed by atoms with Gasteiger partial charge in [0.15, 0.2) is 0 Å². The molecule has 0 bridgehead atoms. The summed E-state index contributed by atoms with van der Waals surface area (Å²) in [5.74, 6) is 0.619. The van der Waals surface area contributed by atoms with Crippen LogP contribution in [0, 0.1) is 5.92 Å². The normalized spacial score (nSPS) is 13.5. The van der Waals surface area contributed by atoms with Gasteiger partial charge in [-0.15, -0.1) is 0 Å². The fraction of sp³-hybridized carbons (Fsp3) is 0.600. The Labute approximate surface area is 114 Å². The fourth-order valence-corrected chi connectivity index (χ4v) is 2.09. The lowest BCUT2D eigenvalue weighted by Gasteiger charge is -2.28. The van der Waals surface area contributed by atoms with Crippen molar-refractivity contribution < 1.29 is 8.78 Å². The van der Waals surface area contributed by atoms with Crippen molar-refractivity contribution in [2.24, 2.45) is 11.7 Å². The zero-order chi connectivity index (χ0) is 14.4. The van der Waals surface area contributed by atoms with Crippen molar-refractivity contribution in [3.8, 4) is 0 Å². The van der Waals surface area contributed by atoms with Crippen LogP contribution < -0.4 is 5.73 Å². The molecule has 1 unspecified atom stereocenters. The van der Waals surface area contributed by atoms with Gasteiger partial charge >= 0.3 is 0 Å². The SMILES string of the molecule is CC(C)CCN(C)C(CN)c1cccc(C(F)F)c1. The highest BCUT2D eigenvalue weighted by atomic mass is 19.3. The van der Waals surface area contributed by atoms with Crippen LogP contribution in [0.15, 0.2) is 24.3 Å². The van der Waals surface area contributed by atoms with Gasteiger partial charge < -0.3 is 5.73 Å². The van der Waals surface area contributed by atoms with Crippen LogP contribution in [0.25, 0.3) is 0 Å². The van der Waals surface area contributed by atoms with Gasteiger partial charge in [-0.25, -0.2) is 8.78 Å². The summed E-state index contributed by atoms with van der Waals surface area (Å²) in [6, 6.07) is 6.56. The summed E-state index contributed by atoms with van der Waals surface area (Å²) < 4.78 is 25.4. The topological polar surface area (TPSA) is 29.3 Å². The Bertz CT molecular complexity index is 380. The number of halogens is 2. The molecule has 108 valence electrons. The summed E-state index contributed by atoms with van der Waals surface area (Å²) in [5, 5.41) is 0. The number of nitrogens with zero attached hydrogens (tertiary/aromatic N) is 1. The lowest BCUT2D eigenvalue weighted by molar-refractivity contribution is 0.151. The zero-order valence-corrected chi connectivity index (χ0v) is 11.9. The van der Waals surface area contributed by atoms with Crippen LogP contribution in [-0.2, 0) is 0 Å². The monoisotopic (exact) mass is 270 g/mol. The molecular weight excluding hydrogens is 246 g/mol. The average molecular weight is 270 g/mol. The van der Waals surface area contributed by atoms with Crippen molar-refractivity contribution in [1.82, 2.24) is 4.90 Å². The maximum absolute atomic E-state index is 12.7. The first-order valence-corrected chi connectivity index (χ1v) is 6.74. The second kappa shape index (κ2) is 7.56. The van der Waals surface area contributed by atoms with Crippen molar-refractivity contribution in [1.29, 1.82) is 0 Å². The summed E-state index contributed by atoms with van der Waals surface area (Å²) in [7, 11) is 1.99. The van der Waals surface area contributed by atoms with Crippen LogP contribution in [0.3, 0.4) is 0 Å². The lowest BCUT2D eigenvalue weighted by Crippen LogP contribution is -2.31. The van der Waals surface area contributed by atoms with Crippen LogP contribution in [0.2, 0.25) is 0 Å². The van der Waals surface area contributed by atoms with Crippen LogP contribution in [0.1, 0.15) is 43.9 Å². The maximum Gasteiger partial charge on any atom is 0.263 e. The number of rotatable bonds is 7. The van der Waals surface area contributed by atoms with E-state index in [0.29, 0.717) is 12.5 Å². The predicted molar refractivity (Wildman–Crippen MR) is 75.3 cm³/mol. The van der Waals surface area contributed by atoms with E-state index in [-0.39, 0.29) is 11.6 Å². The molecule has 4 heteroatoms. The van der Waals surface area contributed by atoms with Crippen LogP contribution in [-0.4, -0.2) is 25.0 Å². The van der Waals surface area contributed by atoms with E-state index < -0.39 is 6.43 Å². The van der Waals surface area contributed by atoms with E-state index >= 15 is 0 Å². The maximum atomic E-state index is 12.7. The van der Waals surface area contributed by atoms with Crippen LogP contribution >= 0.6 is 0 Å². The van der Waals surface area contributed by atoms with Gasteiger partial charge in [0.2, 0.25) is 0 Å². The number of nitrogens with two attached hydrogens (primary N) is 1. The molecule has 19 heavy (non-hydrogen) atoms. The molecule has 0 amide bonds. The van der Waals surface area contributed by atoms with Gasteiger partial charge in [0.05, 0.1) is 0 Å². The molecule has 0 aliphatic carbocycles. The molecule has 0 radical (unpaired) electrons. The summed E-state index contributed by atoms with van der Waals surface area (Å²) in [6.45, 7) is 5.69. The summed E-state index contributed by atoms with van der Waals surface area (Å²) in [6.07, 6.45) is -1.36. The average Bonchev–Trinajstić information content (AvgIpc) is 2.37. The molecule has 0 spiro atoms. The predicted octanol–water partition coefficient (Wildman–Crippen LogP) is 3.60. The van der Waals surface area contributed by atoms with Crippen molar-refractivity contribution in [2.45, 2.75) is 32.7 Å². The number of hydrogen-bond donors (Lipinski definition) is 1. The Morgan fingerprint density at radius 3 is 2.37 bits per heavy atom. The fourth-order valence-electron chi connectivity index (χ4n) is 2.09. The zero-order valence-electron chi connectivity index (χ0n) is 11.9. The number of benzene rings is 1. The van der Waals surface area contributed by atoms with E-state index in [9.17, 15) is 8.78 Å². The van der Waals surface area contributed by atoms with E-state index in [1.807, 2.05) is 13.1 Å². The molecule has 0 aliphatic heterocycles. The molecule has 1 atom stereocenters. The third kappa shape index (κ3) is 4.88. The molecule has 2 N–H and O–H groups in total. The third-order valence-electron chi connectivity index (χ3n) is 3.36. The highest BCUT2D eigenvalue weighted by Gasteiger charge is 2.17. The smallest absolute Gasteiger partial charge is 0.263 e. The van der Waals surface area contributed by atoms with Gasteiger partial charge in [-0.05, 0) is 37.6 Å². The molecule has 0 aromatic heterocycles. The minimum absolute atomic E-state index is 0.00236. The second-order valence-electron chi connectivity index (χ2n) is 5.39. The Balaban J connectivity index is 2.81. The van der Waals surface area contributed by atoms with E-state index in [4.69, 9.17) is 5.73 Å². The molecule has 0 saturated heterocycles. The number of hydrogen-bond acceptors (Lipinski definition) is 2. The summed E-state index contributed by atoms with van der Waals surface area (Å²) >= 11 is 0. The minimum Gasteiger partial charge on any atom is -0.329 e. The Hall–Kier alpha value is -1.00. The molecule has 0 saturated carbocycles. The van der Waals surface area contributed by atoms with E-state index in [0.717, 1.165) is 18.5 Å². The first-order valence-electron chi connectivity index (χ1n) is 6.74. The molecule has 0 aliphatic rings. The first kappa shape index (κ1) is 16.1. The minimum atomic E-state index is -2.43. The van der Waals surface area contributed by atoms with Gasteiger partial charge in [0.1, 0.15) is 0 Å². The van der Waals surface area contributed by atoms with Gasteiger partial charge in [-0.1, -0.05) is 32.0 Å². The number of alkyl halides is 2. The highest BCUT2D eigenvalue weighted by Crippen LogP contribution is 2.25. The molecule has 1 rings (SSSR count). The quantitative estimate of drug-likeness (QED) is 0.820. The summed E-state index contributed by atoms with van der Waals surface area (Å²) in [5.41, 5.74) is 6.74. The van der Waals surface area contributed by atoms with Crippen molar-refractivity contribution in [3.63, 3.8) is 0 Å². The van der Waals surface area contributed by atoms with Crippen molar-refractivity contribution in [3.05, 3.63) is 35.4 Å². The molecule has 0 heterocycles. The van der Waals surface area contributed by atoms with Crippen molar-refractivity contribution >= 4 is 0 Å². The lowest BCUT2D eigenvalue weighted by atomic mass is 10.0. The molecule has 1 aromatic rings. The third-order valence-corrected chi connectivity index (χ3v) is 3.36. The largest absolute Gasteiger partial charge is 0.329 e. The first-order chi connectivity index (χ1) is 8.95. The Kier molecular flexibility index (Phi) is 6.38. The van der Waals surface area contributed by atoms with E-state index in [2.05, 4.69) is 18.7 Å². The molecule has 0 fully saturated rings. The standard InChI is InChI=1S/C15H24F2N2/c1-11(2)7-8-19(3)14(10-18)12-5-4-6-13(9-12)15(16)17/h4-6,9,11,14-15H,7-8,10,18H2,1-3H3. The molecule has 2 nitrogen and oxygen atoms in total. The van der Waals surface area contributed by atoms with E-state index in [1.54, 1.807) is 12.1 Å². The molecule has 1 aromatic carbocycles. The second-order valence-corrected chi connectivity index (χ2v) is 5.39. The van der Waals surface area contributed by atoms with E-state index in [1.165, 1.54) is 6.07 Å². The highest BCUT2D eigenvalue weighted by molar-refractivity contribution is 5.27. The van der Waals surface area contributed by atoms with Crippen LogP contribution in [0.4, 0.5) is 8.78 Å². The molecular formula is C15H24F2N2. The van der Waals surface area contributed by atoms with Gasteiger partial charge in [0.25, 0.3) is 6.43 Å². The summed E-state index contributed by atoms with van der Waals surface area (Å²) in [4.78, 5) is 2.14. The Morgan fingerprint density at radius 1 is 1.21 bits per heavy atom. The van der Waals surface area contributed by atoms with Gasteiger partial charge in [-0.2, -0.15) is 0 Å². The van der Waals surface area contributed by atoms with Gasteiger partial charge in [-0.3, -0.25) is 4.90 Å². The van der Waals surface area contributed by atoms with Gasteiger partial charge in [0, 0.05) is 18.2 Å². The van der Waals surface area contributed by atoms with Crippen molar-refractivity contribution in [2.75, 3.05) is 20.1 Å². The Morgan fingerprint density at radius 2 is 1.84 bits per heavy atom. The number of likely N-dealkylation sites (N-methyl/N-ethyl adjacent to an activating group) is 1.